The van der Waals surface area contributed by atoms with Crippen LogP contribution in [0.25, 0.3) is 0 Å². The minimum absolute atomic E-state index is 0.246. The van der Waals surface area contributed by atoms with Gasteiger partial charge in [0, 0.05) is 6.42 Å². The average Bonchev–Trinajstić information content (AvgIpc) is 2.80. The van der Waals surface area contributed by atoms with Crippen molar-refractivity contribution in [2.75, 3.05) is 6.54 Å². The van der Waals surface area contributed by atoms with Crippen LogP contribution >= 0.6 is 0 Å². The minimum atomic E-state index is 0.246. The van der Waals surface area contributed by atoms with Gasteiger partial charge in [0.15, 0.2) is 5.82 Å². The number of hydrogen-bond acceptors (Lipinski definition) is 4. The lowest BCUT2D eigenvalue weighted by Crippen LogP contribution is -2.20. The van der Waals surface area contributed by atoms with Crippen molar-refractivity contribution in [2.24, 2.45) is 0 Å². The smallest absolute Gasteiger partial charge is 0.243 e. The van der Waals surface area contributed by atoms with Gasteiger partial charge in [-0.25, -0.2) is 0 Å². The zero-order valence-electron chi connectivity index (χ0n) is 11.7. The number of aromatic nitrogens is 2. The summed E-state index contributed by atoms with van der Waals surface area (Å²) in [6.45, 7) is 1.05. The summed E-state index contributed by atoms with van der Waals surface area (Å²) in [4.78, 5) is 4.55. The molecular formula is C16H21N3O. The van der Waals surface area contributed by atoms with E-state index in [2.05, 4.69) is 39.7 Å². The third-order valence-electron chi connectivity index (χ3n) is 3.82. The number of nitrogens with one attached hydrogen (secondary N) is 1. The Hall–Kier alpha value is -1.68. The second-order valence-corrected chi connectivity index (χ2v) is 5.39. The van der Waals surface area contributed by atoms with E-state index in [4.69, 9.17) is 4.52 Å². The molecular weight excluding hydrogens is 250 g/mol. The van der Waals surface area contributed by atoms with E-state index in [9.17, 15) is 0 Å². The Balaban J connectivity index is 1.58. The standard InChI is InChI=1S/C16H21N3O/c1-3-7-13(8-4-1)10-11-15-18-16(20-19-15)14-9-5-2-6-12-17-14/h1,3-4,7-8,14,17H,2,5-6,9-12H2. The van der Waals surface area contributed by atoms with Gasteiger partial charge in [-0.05, 0) is 31.4 Å². The van der Waals surface area contributed by atoms with Crippen LogP contribution in [0.3, 0.4) is 0 Å². The molecule has 0 amide bonds. The van der Waals surface area contributed by atoms with Gasteiger partial charge in [0.2, 0.25) is 5.89 Å². The lowest BCUT2D eigenvalue weighted by molar-refractivity contribution is 0.324. The summed E-state index contributed by atoms with van der Waals surface area (Å²) in [6, 6.07) is 10.7. The lowest BCUT2D eigenvalue weighted by atomic mass is 10.1. The summed E-state index contributed by atoms with van der Waals surface area (Å²) >= 11 is 0. The summed E-state index contributed by atoms with van der Waals surface area (Å²) in [7, 11) is 0. The normalized spacial score (nSPS) is 19.7. The molecule has 1 fully saturated rings. The monoisotopic (exact) mass is 271 g/mol. The van der Waals surface area contributed by atoms with Crippen molar-refractivity contribution in [1.82, 2.24) is 15.5 Å². The van der Waals surface area contributed by atoms with Crippen LogP contribution in [-0.4, -0.2) is 16.7 Å². The van der Waals surface area contributed by atoms with Gasteiger partial charge in [-0.3, -0.25) is 0 Å². The van der Waals surface area contributed by atoms with Crippen LogP contribution in [-0.2, 0) is 12.8 Å². The average molecular weight is 271 g/mol. The Morgan fingerprint density at radius 2 is 2.00 bits per heavy atom. The molecule has 1 N–H and O–H groups in total. The molecule has 4 nitrogen and oxygen atoms in total. The molecule has 1 aliphatic heterocycles. The van der Waals surface area contributed by atoms with Crippen molar-refractivity contribution in [3.63, 3.8) is 0 Å². The summed E-state index contributed by atoms with van der Waals surface area (Å²) < 4.78 is 5.42. The van der Waals surface area contributed by atoms with Gasteiger partial charge >= 0.3 is 0 Å². The number of aryl methyl sites for hydroxylation is 2. The molecule has 1 atom stereocenters. The zero-order valence-corrected chi connectivity index (χ0v) is 11.7. The molecule has 106 valence electrons. The van der Waals surface area contributed by atoms with Crippen molar-refractivity contribution in [1.29, 1.82) is 0 Å². The highest BCUT2D eigenvalue weighted by atomic mass is 16.5. The van der Waals surface area contributed by atoms with Gasteiger partial charge in [-0.1, -0.05) is 48.3 Å². The van der Waals surface area contributed by atoms with Gasteiger partial charge in [-0.15, -0.1) is 0 Å². The molecule has 0 radical (unpaired) electrons. The van der Waals surface area contributed by atoms with Crippen molar-refractivity contribution in [3.05, 3.63) is 47.6 Å². The number of hydrogen-bond donors (Lipinski definition) is 1. The van der Waals surface area contributed by atoms with Gasteiger partial charge in [-0.2, -0.15) is 4.98 Å². The highest BCUT2D eigenvalue weighted by Crippen LogP contribution is 2.21. The fraction of sp³-hybridized carbons (Fsp3) is 0.500. The van der Waals surface area contributed by atoms with E-state index in [-0.39, 0.29) is 6.04 Å². The predicted molar refractivity (Wildman–Crippen MR) is 77.4 cm³/mol. The van der Waals surface area contributed by atoms with Gasteiger partial charge in [0.25, 0.3) is 0 Å². The van der Waals surface area contributed by atoms with Crippen LogP contribution in [0.5, 0.6) is 0 Å². The molecule has 1 aromatic carbocycles. The maximum atomic E-state index is 5.42. The molecule has 2 heterocycles. The summed E-state index contributed by atoms with van der Waals surface area (Å²) in [5, 5.41) is 7.60. The van der Waals surface area contributed by atoms with E-state index >= 15 is 0 Å². The Labute approximate surface area is 119 Å². The minimum Gasteiger partial charge on any atom is -0.338 e. The van der Waals surface area contributed by atoms with E-state index in [1.54, 1.807) is 0 Å². The fourth-order valence-corrected chi connectivity index (χ4v) is 2.65. The Morgan fingerprint density at radius 3 is 2.90 bits per heavy atom. The fourth-order valence-electron chi connectivity index (χ4n) is 2.65. The highest BCUT2D eigenvalue weighted by Gasteiger charge is 2.19. The molecule has 1 unspecified atom stereocenters. The second kappa shape index (κ2) is 6.66. The van der Waals surface area contributed by atoms with Crippen LogP contribution < -0.4 is 5.32 Å². The molecule has 0 aliphatic carbocycles. The second-order valence-electron chi connectivity index (χ2n) is 5.39. The Bertz CT molecular complexity index is 516. The van der Waals surface area contributed by atoms with Crippen molar-refractivity contribution < 1.29 is 4.52 Å². The third kappa shape index (κ3) is 3.45. The summed E-state index contributed by atoms with van der Waals surface area (Å²) in [5.74, 6) is 1.57. The van der Waals surface area contributed by atoms with Crippen LogP contribution in [0.2, 0.25) is 0 Å². The SMILES string of the molecule is c1ccc(CCc2noc(C3CCCCCN3)n2)cc1. The van der Waals surface area contributed by atoms with E-state index in [0.29, 0.717) is 0 Å². The van der Waals surface area contributed by atoms with E-state index in [1.165, 1.54) is 24.8 Å². The van der Waals surface area contributed by atoms with Crippen molar-refractivity contribution >= 4 is 0 Å². The quantitative estimate of drug-likeness (QED) is 0.928. The number of nitrogens with zero attached hydrogens (tertiary/aromatic N) is 2. The third-order valence-corrected chi connectivity index (χ3v) is 3.82. The van der Waals surface area contributed by atoms with Crippen LogP contribution in [0.4, 0.5) is 0 Å². The predicted octanol–water partition coefficient (Wildman–Crippen LogP) is 3.06. The first-order valence-electron chi connectivity index (χ1n) is 7.51. The molecule has 1 saturated heterocycles. The van der Waals surface area contributed by atoms with E-state index in [1.807, 2.05) is 6.07 Å². The molecule has 1 aliphatic rings. The molecule has 0 spiro atoms. The first-order chi connectivity index (χ1) is 9.92. The van der Waals surface area contributed by atoms with Crippen LogP contribution in [0, 0.1) is 0 Å². The van der Waals surface area contributed by atoms with Crippen molar-refractivity contribution in [3.8, 4) is 0 Å². The van der Waals surface area contributed by atoms with Gasteiger partial charge in [0.1, 0.15) is 0 Å². The Kier molecular flexibility index (Phi) is 4.43. The van der Waals surface area contributed by atoms with E-state index in [0.717, 1.165) is 37.5 Å². The highest BCUT2D eigenvalue weighted by molar-refractivity contribution is 5.15. The van der Waals surface area contributed by atoms with E-state index < -0.39 is 0 Å². The molecule has 1 aromatic heterocycles. The van der Waals surface area contributed by atoms with Crippen molar-refractivity contribution in [2.45, 2.75) is 44.6 Å². The molecule has 20 heavy (non-hydrogen) atoms. The van der Waals surface area contributed by atoms with Gasteiger partial charge < -0.3 is 9.84 Å². The molecule has 0 saturated carbocycles. The maximum absolute atomic E-state index is 5.42. The number of rotatable bonds is 4. The maximum Gasteiger partial charge on any atom is 0.243 e. The Morgan fingerprint density at radius 1 is 1.10 bits per heavy atom. The molecule has 4 heteroatoms. The largest absolute Gasteiger partial charge is 0.338 e. The molecule has 0 bridgehead atoms. The lowest BCUT2D eigenvalue weighted by Gasteiger charge is -2.09. The topological polar surface area (TPSA) is 51.0 Å². The molecule has 3 rings (SSSR count). The van der Waals surface area contributed by atoms with Crippen LogP contribution in [0.15, 0.2) is 34.9 Å². The van der Waals surface area contributed by atoms with Crippen LogP contribution in [0.1, 0.15) is 49.0 Å². The van der Waals surface area contributed by atoms with Gasteiger partial charge in [0.05, 0.1) is 6.04 Å². The first-order valence-corrected chi connectivity index (χ1v) is 7.51. The first kappa shape index (κ1) is 13.3. The number of benzene rings is 1. The zero-order chi connectivity index (χ0) is 13.6. The summed E-state index contributed by atoms with van der Waals surface area (Å²) in [5.41, 5.74) is 1.31. The summed E-state index contributed by atoms with van der Waals surface area (Å²) in [6.07, 6.45) is 6.65. The molecule has 2 aromatic rings.